The van der Waals surface area contributed by atoms with Gasteiger partial charge in [0.05, 0.1) is 6.61 Å². The van der Waals surface area contributed by atoms with Gasteiger partial charge in [-0.1, -0.05) is 30.3 Å². The molecular formula is C15H15NO6. The van der Waals surface area contributed by atoms with Crippen molar-refractivity contribution in [3.05, 3.63) is 42.0 Å². The monoisotopic (exact) mass is 305 g/mol. The van der Waals surface area contributed by atoms with E-state index in [1.54, 1.807) is 30.3 Å². The molecule has 0 radical (unpaired) electrons. The lowest BCUT2D eigenvalue weighted by atomic mass is 9.94. The number of hydrogen-bond acceptors (Lipinski definition) is 6. The van der Waals surface area contributed by atoms with Crippen LogP contribution in [0.2, 0.25) is 0 Å². The van der Waals surface area contributed by atoms with E-state index < -0.39 is 29.4 Å². The van der Waals surface area contributed by atoms with Crippen LogP contribution in [0.25, 0.3) is 5.76 Å². The number of primary amides is 1. The Morgan fingerprint density at radius 3 is 2.55 bits per heavy atom. The molecule has 0 bridgehead atoms. The number of ether oxygens (including phenoxy) is 2. The molecule has 2 unspecified atom stereocenters. The third kappa shape index (κ3) is 2.71. The number of aliphatic hydroxyl groups is 1. The van der Waals surface area contributed by atoms with Crippen molar-refractivity contribution in [1.82, 2.24) is 0 Å². The first kappa shape index (κ1) is 15.7. The fourth-order valence-electron chi connectivity index (χ4n) is 2.11. The molecule has 1 aliphatic rings. The molecule has 0 fully saturated rings. The largest absolute Gasteiger partial charge is 0.465 e. The molecule has 2 rings (SSSR count). The van der Waals surface area contributed by atoms with Crippen LogP contribution in [-0.2, 0) is 23.9 Å². The Kier molecular flexibility index (Phi) is 4.27. The smallest absolute Gasteiger partial charge is 0.325 e. The van der Waals surface area contributed by atoms with Crippen LogP contribution in [0.3, 0.4) is 0 Å². The van der Waals surface area contributed by atoms with E-state index in [2.05, 4.69) is 4.74 Å². The van der Waals surface area contributed by atoms with Crippen molar-refractivity contribution >= 4 is 23.4 Å². The highest BCUT2D eigenvalue weighted by atomic mass is 16.6. The van der Waals surface area contributed by atoms with Gasteiger partial charge in [0.1, 0.15) is 5.76 Å². The molecule has 0 saturated carbocycles. The number of amides is 1. The van der Waals surface area contributed by atoms with E-state index in [-0.39, 0.29) is 12.4 Å². The highest BCUT2D eigenvalue weighted by molar-refractivity contribution is 6.11. The number of carbonyl (C=O) groups is 3. The van der Waals surface area contributed by atoms with Crippen LogP contribution in [0, 0.1) is 5.92 Å². The maximum Gasteiger partial charge on any atom is 0.325 e. The van der Waals surface area contributed by atoms with Crippen molar-refractivity contribution in [3.8, 4) is 0 Å². The van der Waals surface area contributed by atoms with Gasteiger partial charge in [-0.2, -0.15) is 0 Å². The zero-order valence-electron chi connectivity index (χ0n) is 11.8. The minimum absolute atomic E-state index is 0.0359. The second kappa shape index (κ2) is 5.98. The highest BCUT2D eigenvalue weighted by Crippen LogP contribution is 2.35. The van der Waals surface area contributed by atoms with E-state index in [4.69, 9.17) is 10.5 Å². The van der Waals surface area contributed by atoms with Crippen LogP contribution in [0.5, 0.6) is 0 Å². The summed E-state index contributed by atoms with van der Waals surface area (Å²) < 4.78 is 9.88. The molecule has 2 atom stereocenters. The standard InChI is InChI=1S/C15H15NO6/c1-2-21-14(19)12(13(16)18)15(20)11(17)8-10(22-15)9-6-4-3-5-7-9/h3-8,12,20H,2H2,1H3,(H2,16,18). The molecule has 22 heavy (non-hydrogen) atoms. The number of rotatable bonds is 5. The van der Waals surface area contributed by atoms with Crippen LogP contribution in [0.1, 0.15) is 12.5 Å². The van der Waals surface area contributed by atoms with E-state index in [1.807, 2.05) is 0 Å². The second-order valence-electron chi connectivity index (χ2n) is 4.62. The van der Waals surface area contributed by atoms with E-state index in [0.717, 1.165) is 6.08 Å². The van der Waals surface area contributed by atoms with Gasteiger partial charge in [0, 0.05) is 11.6 Å². The van der Waals surface area contributed by atoms with Crippen molar-refractivity contribution in [2.24, 2.45) is 11.7 Å². The van der Waals surface area contributed by atoms with Crippen LogP contribution in [0.4, 0.5) is 0 Å². The van der Waals surface area contributed by atoms with Crippen molar-refractivity contribution in [3.63, 3.8) is 0 Å². The third-order valence-corrected chi connectivity index (χ3v) is 3.14. The molecule has 7 nitrogen and oxygen atoms in total. The average molecular weight is 305 g/mol. The lowest BCUT2D eigenvalue weighted by Crippen LogP contribution is -2.54. The molecular weight excluding hydrogens is 290 g/mol. The van der Waals surface area contributed by atoms with Gasteiger partial charge in [-0.05, 0) is 6.92 Å². The number of nitrogens with two attached hydrogens (primary N) is 1. The fraction of sp³-hybridized carbons (Fsp3) is 0.267. The van der Waals surface area contributed by atoms with Gasteiger partial charge >= 0.3 is 5.97 Å². The van der Waals surface area contributed by atoms with Gasteiger partial charge in [0.25, 0.3) is 5.79 Å². The Balaban J connectivity index is 2.33. The predicted molar refractivity (Wildman–Crippen MR) is 74.8 cm³/mol. The molecule has 0 saturated heterocycles. The zero-order chi connectivity index (χ0) is 16.3. The van der Waals surface area contributed by atoms with Crippen molar-refractivity contribution in [2.45, 2.75) is 12.7 Å². The maximum atomic E-state index is 12.1. The van der Waals surface area contributed by atoms with Gasteiger partial charge in [-0.25, -0.2) is 0 Å². The van der Waals surface area contributed by atoms with E-state index in [9.17, 15) is 19.5 Å². The van der Waals surface area contributed by atoms with Crippen molar-refractivity contribution in [1.29, 1.82) is 0 Å². The number of benzene rings is 1. The van der Waals surface area contributed by atoms with Gasteiger partial charge < -0.3 is 20.3 Å². The van der Waals surface area contributed by atoms with E-state index >= 15 is 0 Å². The van der Waals surface area contributed by atoms with E-state index in [0.29, 0.717) is 5.56 Å². The van der Waals surface area contributed by atoms with Crippen LogP contribution < -0.4 is 5.73 Å². The minimum atomic E-state index is -2.69. The average Bonchev–Trinajstić information content (AvgIpc) is 2.76. The zero-order valence-corrected chi connectivity index (χ0v) is 11.8. The van der Waals surface area contributed by atoms with Gasteiger partial charge in [0.15, 0.2) is 0 Å². The molecule has 7 heteroatoms. The second-order valence-corrected chi connectivity index (χ2v) is 4.62. The summed E-state index contributed by atoms with van der Waals surface area (Å²) in [5, 5.41) is 10.4. The predicted octanol–water partition coefficient (Wildman–Crippen LogP) is -0.0200. The molecule has 0 aromatic heterocycles. The lowest BCUT2D eigenvalue weighted by Gasteiger charge is -2.27. The molecule has 116 valence electrons. The Morgan fingerprint density at radius 2 is 2.00 bits per heavy atom. The first-order valence-electron chi connectivity index (χ1n) is 6.59. The number of ketones is 1. The van der Waals surface area contributed by atoms with Crippen molar-refractivity contribution in [2.75, 3.05) is 6.61 Å². The molecule has 1 amide bonds. The number of esters is 1. The van der Waals surface area contributed by atoms with E-state index in [1.165, 1.54) is 6.92 Å². The minimum Gasteiger partial charge on any atom is -0.465 e. The summed E-state index contributed by atoms with van der Waals surface area (Å²) >= 11 is 0. The molecule has 1 aromatic rings. The quantitative estimate of drug-likeness (QED) is 0.583. The molecule has 0 spiro atoms. The van der Waals surface area contributed by atoms with Gasteiger partial charge in [-0.3, -0.25) is 14.4 Å². The molecule has 3 N–H and O–H groups in total. The fourth-order valence-corrected chi connectivity index (χ4v) is 2.11. The Labute approximate surface area is 126 Å². The summed E-state index contributed by atoms with van der Waals surface area (Å²) in [6.07, 6.45) is 1.02. The summed E-state index contributed by atoms with van der Waals surface area (Å²) in [5.74, 6) is -7.86. The van der Waals surface area contributed by atoms with Gasteiger partial charge in [-0.15, -0.1) is 0 Å². The molecule has 1 heterocycles. The highest BCUT2D eigenvalue weighted by Gasteiger charge is 2.57. The molecule has 0 aliphatic carbocycles. The first-order chi connectivity index (χ1) is 10.4. The Hall–Kier alpha value is -2.67. The normalized spacial score (nSPS) is 21.7. The summed E-state index contributed by atoms with van der Waals surface area (Å²) in [6.45, 7) is 1.48. The molecule has 1 aliphatic heterocycles. The third-order valence-electron chi connectivity index (χ3n) is 3.14. The number of hydrogen-bond donors (Lipinski definition) is 2. The maximum absolute atomic E-state index is 12.1. The Morgan fingerprint density at radius 1 is 1.36 bits per heavy atom. The van der Waals surface area contributed by atoms with Crippen LogP contribution in [0.15, 0.2) is 36.4 Å². The van der Waals surface area contributed by atoms with Crippen LogP contribution >= 0.6 is 0 Å². The summed E-state index contributed by atoms with van der Waals surface area (Å²) in [5.41, 5.74) is 5.64. The lowest BCUT2D eigenvalue weighted by molar-refractivity contribution is -0.201. The Bertz CT molecular complexity index is 639. The summed E-state index contributed by atoms with van der Waals surface area (Å²) in [7, 11) is 0. The summed E-state index contributed by atoms with van der Waals surface area (Å²) in [6, 6.07) is 8.47. The topological polar surface area (TPSA) is 116 Å². The van der Waals surface area contributed by atoms with Gasteiger partial charge in [0.2, 0.25) is 17.6 Å². The van der Waals surface area contributed by atoms with Crippen molar-refractivity contribution < 1.29 is 29.0 Å². The molecule has 1 aromatic carbocycles. The van der Waals surface area contributed by atoms with Crippen LogP contribution in [-0.4, -0.2) is 35.2 Å². The summed E-state index contributed by atoms with van der Waals surface area (Å²) in [4.78, 5) is 35.4. The SMILES string of the molecule is CCOC(=O)C(C(N)=O)C1(O)OC(c2ccccc2)=CC1=O. The number of carbonyl (C=O) groups excluding carboxylic acids is 3. The first-order valence-corrected chi connectivity index (χ1v) is 6.59.